The Morgan fingerprint density at radius 1 is 1.03 bits per heavy atom. The average molecular weight is 459 g/mol. The number of carbonyl (C=O) groups is 1. The van der Waals surface area contributed by atoms with Gasteiger partial charge in [-0.3, -0.25) is 9.52 Å². The van der Waals surface area contributed by atoms with E-state index in [-0.39, 0.29) is 27.1 Å². The van der Waals surface area contributed by atoms with Crippen molar-refractivity contribution >= 4 is 33.2 Å². The normalized spacial score (nSPS) is 11.1. The third-order valence-corrected chi connectivity index (χ3v) is 6.17. The Balaban J connectivity index is 1.68. The summed E-state index contributed by atoms with van der Waals surface area (Å²) in [4.78, 5) is 12.7. The summed E-state index contributed by atoms with van der Waals surface area (Å²) in [5.74, 6) is 0.372. The van der Waals surface area contributed by atoms with E-state index in [2.05, 4.69) is 10.0 Å². The summed E-state index contributed by atoms with van der Waals surface area (Å²) >= 11 is 6.25. The number of amides is 1. The number of ether oxygens (including phenoxy) is 1. The molecule has 162 valence electrons. The first-order valence-corrected chi connectivity index (χ1v) is 11.5. The SMILES string of the molecule is CCOc1cccc(CNC(=O)c2ccc(NS(=O)(=O)c3ccc(C)cc3)cc2Cl)c1. The predicted octanol–water partition coefficient (Wildman–Crippen LogP) is 4.78. The molecule has 6 nitrogen and oxygen atoms in total. The van der Waals surface area contributed by atoms with Crippen LogP contribution in [0.4, 0.5) is 5.69 Å². The van der Waals surface area contributed by atoms with Crippen LogP contribution in [-0.4, -0.2) is 20.9 Å². The van der Waals surface area contributed by atoms with E-state index >= 15 is 0 Å². The number of halogens is 1. The Kier molecular flexibility index (Phi) is 7.20. The zero-order valence-corrected chi connectivity index (χ0v) is 18.8. The molecular formula is C23H23ClN2O4S. The third-order valence-electron chi connectivity index (χ3n) is 4.46. The highest BCUT2D eigenvalue weighted by atomic mass is 35.5. The van der Waals surface area contributed by atoms with Crippen LogP contribution in [0.15, 0.2) is 71.6 Å². The minimum Gasteiger partial charge on any atom is -0.494 e. The van der Waals surface area contributed by atoms with Gasteiger partial charge in [-0.25, -0.2) is 8.42 Å². The van der Waals surface area contributed by atoms with E-state index in [4.69, 9.17) is 16.3 Å². The van der Waals surface area contributed by atoms with Crippen molar-refractivity contribution in [3.05, 3.63) is 88.4 Å². The Morgan fingerprint density at radius 2 is 1.77 bits per heavy atom. The number of aryl methyl sites for hydroxylation is 1. The molecule has 0 bridgehead atoms. The molecule has 2 N–H and O–H groups in total. The maximum Gasteiger partial charge on any atom is 0.261 e. The Bertz CT molecular complexity index is 1180. The van der Waals surface area contributed by atoms with Crippen LogP contribution in [0.1, 0.15) is 28.4 Å². The first-order valence-electron chi connectivity index (χ1n) is 9.67. The smallest absolute Gasteiger partial charge is 0.261 e. The van der Waals surface area contributed by atoms with E-state index in [9.17, 15) is 13.2 Å². The van der Waals surface area contributed by atoms with Crippen molar-refractivity contribution in [3.8, 4) is 5.75 Å². The quantitative estimate of drug-likeness (QED) is 0.508. The number of carbonyl (C=O) groups excluding carboxylic acids is 1. The highest BCUT2D eigenvalue weighted by molar-refractivity contribution is 7.92. The molecule has 0 spiro atoms. The van der Waals surface area contributed by atoms with E-state index in [1.807, 2.05) is 38.1 Å². The number of nitrogens with one attached hydrogen (secondary N) is 2. The van der Waals surface area contributed by atoms with Crippen molar-refractivity contribution in [2.24, 2.45) is 0 Å². The lowest BCUT2D eigenvalue weighted by Gasteiger charge is -2.11. The topological polar surface area (TPSA) is 84.5 Å². The third kappa shape index (κ3) is 5.99. The van der Waals surface area contributed by atoms with E-state index in [1.165, 1.54) is 30.3 Å². The van der Waals surface area contributed by atoms with Crippen molar-refractivity contribution in [2.45, 2.75) is 25.3 Å². The summed E-state index contributed by atoms with van der Waals surface area (Å²) in [6, 6.07) is 18.3. The zero-order chi connectivity index (χ0) is 22.4. The molecule has 31 heavy (non-hydrogen) atoms. The van der Waals surface area contributed by atoms with Crippen molar-refractivity contribution < 1.29 is 17.9 Å². The molecule has 3 aromatic rings. The molecule has 1 amide bonds. The van der Waals surface area contributed by atoms with Gasteiger partial charge in [-0.1, -0.05) is 41.4 Å². The molecule has 0 aliphatic carbocycles. The second kappa shape index (κ2) is 9.85. The van der Waals surface area contributed by atoms with Gasteiger partial charge in [0.25, 0.3) is 15.9 Å². The lowest BCUT2D eigenvalue weighted by Crippen LogP contribution is -2.23. The number of rotatable bonds is 8. The van der Waals surface area contributed by atoms with Crippen LogP contribution in [0.5, 0.6) is 5.75 Å². The number of hydrogen-bond donors (Lipinski definition) is 2. The van der Waals surface area contributed by atoms with Crippen molar-refractivity contribution in [2.75, 3.05) is 11.3 Å². The standard InChI is InChI=1S/C23H23ClN2O4S/c1-3-30-19-6-4-5-17(13-19)15-25-23(27)21-12-9-18(14-22(21)24)26-31(28,29)20-10-7-16(2)8-11-20/h4-14,26H,3,15H2,1-2H3,(H,25,27). The van der Waals surface area contributed by atoms with Crippen LogP contribution < -0.4 is 14.8 Å². The molecular weight excluding hydrogens is 436 g/mol. The maximum absolute atomic E-state index is 12.5. The highest BCUT2D eigenvalue weighted by Gasteiger charge is 2.16. The first-order chi connectivity index (χ1) is 14.8. The summed E-state index contributed by atoms with van der Waals surface area (Å²) < 4.78 is 33.0. The summed E-state index contributed by atoms with van der Waals surface area (Å²) in [7, 11) is -3.76. The molecule has 0 fully saturated rings. The van der Waals surface area contributed by atoms with Crippen LogP contribution in [0.2, 0.25) is 5.02 Å². The van der Waals surface area contributed by atoms with E-state index in [1.54, 1.807) is 12.1 Å². The number of benzene rings is 3. The van der Waals surface area contributed by atoms with Gasteiger partial charge in [-0.05, 0) is 61.9 Å². The van der Waals surface area contributed by atoms with Crippen molar-refractivity contribution in [1.82, 2.24) is 5.32 Å². The molecule has 0 aliphatic heterocycles. The maximum atomic E-state index is 12.5. The summed E-state index contributed by atoms with van der Waals surface area (Å²) in [6.45, 7) is 4.65. The minimum absolute atomic E-state index is 0.143. The number of hydrogen-bond acceptors (Lipinski definition) is 4. The zero-order valence-electron chi connectivity index (χ0n) is 17.2. The van der Waals surface area contributed by atoms with Crippen LogP contribution in [-0.2, 0) is 16.6 Å². The average Bonchev–Trinajstić information content (AvgIpc) is 2.73. The van der Waals surface area contributed by atoms with Crippen molar-refractivity contribution in [1.29, 1.82) is 0 Å². The molecule has 0 unspecified atom stereocenters. The molecule has 0 aromatic heterocycles. The predicted molar refractivity (Wildman–Crippen MR) is 122 cm³/mol. The van der Waals surface area contributed by atoms with Crippen LogP contribution in [0.3, 0.4) is 0 Å². The fourth-order valence-electron chi connectivity index (χ4n) is 2.88. The first kappa shape index (κ1) is 22.7. The second-order valence-electron chi connectivity index (χ2n) is 6.88. The van der Waals surface area contributed by atoms with E-state index in [0.29, 0.717) is 13.2 Å². The molecule has 3 aromatic carbocycles. The van der Waals surface area contributed by atoms with Crippen LogP contribution >= 0.6 is 11.6 Å². The molecule has 8 heteroatoms. The molecule has 0 radical (unpaired) electrons. The largest absolute Gasteiger partial charge is 0.494 e. The number of sulfonamides is 1. The summed E-state index contributed by atoms with van der Waals surface area (Å²) in [5, 5.41) is 2.95. The van der Waals surface area contributed by atoms with Crippen LogP contribution in [0, 0.1) is 6.92 Å². The minimum atomic E-state index is -3.76. The van der Waals surface area contributed by atoms with Crippen molar-refractivity contribution in [3.63, 3.8) is 0 Å². The highest BCUT2D eigenvalue weighted by Crippen LogP contribution is 2.24. The van der Waals surface area contributed by atoms with Gasteiger partial charge in [0, 0.05) is 6.54 Å². The molecule has 0 heterocycles. The van der Waals surface area contributed by atoms with Gasteiger partial charge in [-0.2, -0.15) is 0 Å². The lowest BCUT2D eigenvalue weighted by atomic mass is 10.1. The fourth-order valence-corrected chi connectivity index (χ4v) is 4.20. The molecule has 3 rings (SSSR count). The van der Waals surface area contributed by atoms with E-state index < -0.39 is 10.0 Å². The lowest BCUT2D eigenvalue weighted by molar-refractivity contribution is 0.0951. The molecule has 0 saturated heterocycles. The van der Waals surface area contributed by atoms with Gasteiger partial charge in [0.2, 0.25) is 0 Å². The Labute approximate surface area is 187 Å². The van der Waals surface area contributed by atoms with Gasteiger partial charge >= 0.3 is 0 Å². The Hall–Kier alpha value is -3.03. The summed E-state index contributed by atoms with van der Waals surface area (Å²) in [6.07, 6.45) is 0. The van der Waals surface area contributed by atoms with Gasteiger partial charge in [-0.15, -0.1) is 0 Å². The van der Waals surface area contributed by atoms with Crippen LogP contribution in [0.25, 0.3) is 0 Å². The van der Waals surface area contributed by atoms with Gasteiger partial charge in [0.1, 0.15) is 5.75 Å². The number of anilines is 1. The molecule has 0 atom stereocenters. The second-order valence-corrected chi connectivity index (χ2v) is 8.97. The fraction of sp³-hybridized carbons (Fsp3) is 0.174. The van der Waals surface area contributed by atoms with Gasteiger partial charge < -0.3 is 10.1 Å². The Morgan fingerprint density at radius 3 is 2.45 bits per heavy atom. The van der Waals surface area contributed by atoms with Gasteiger partial charge in [0.05, 0.1) is 27.8 Å². The molecule has 0 saturated carbocycles. The summed E-state index contributed by atoms with van der Waals surface area (Å²) in [5.41, 5.74) is 2.37. The van der Waals surface area contributed by atoms with Gasteiger partial charge in [0.15, 0.2) is 0 Å². The van der Waals surface area contributed by atoms with E-state index in [0.717, 1.165) is 16.9 Å². The monoisotopic (exact) mass is 458 g/mol. The molecule has 0 aliphatic rings.